The molecule has 0 saturated carbocycles. The van der Waals surface area contributed by atoms with E-state index in [1.54, 1.807) is 6.20 Å². The summed E-state index contributed by atoms with van der Waals surface area (Å²) >= 11 is 0. The zero-order valence-corrected chi connectivity index (χ0v) is 19.5. The molecule has 2 aliphatic heterocycles. The molecule has 176 valence electrons. The molecule has 0 radical (unpaired) electrons. The highest BCUT2D eigenvalue weighted by atomic mass is 19.1. The van der Waals surface area contributed by atoms with Gasteiger partial charge in [0.1, 0.15) is 18.2 Å². The molecule has 1 amide bonds. The van der Waals surface area contributed by atoms with Gasteiger partial charge in [-0.15, -0.1) is 0 Å². The molecule has 0 bridgehead atoms. The van der Waals surface area contributed by atoms with Crippen LogP contribution >= 0.6 is 0 Å². The van der Waals surface area contributed by atoms with Crippen LogP contribution in [-0.4, -0.2) is 46.4 Å². The van der Waals surface area contributed by atoms with Crippen LogP contribution in [0.15, 0.2) is 72.9 Å². The standard InChI is InChI=1S/C28H30FN3O2/c1-31-27(33)9-5-14-28(31)20-32(18-26(28)22-10-12-23(29)13-11-22)17-21-6-4-8-25(16-21)34-19-24-7-2-3-15-30-24/h2-4,6-8,10-13,15-16,26H,5,9,14,17-20H2,1H3/t26-,28+/m0/s1. The number of pyridine rings is 1. The number of benzene rings is 2. The second kappa shape index (κ2) is 9.55. The summed E-state index contributed by atoms with van der Waals surface area (Å²) in [6, 6.07) is 20.8. The zero-order valence-electron chi connectivity index (χ0n) is 19.5. The molecule has 2 atom stereocenters. The normalized spacial score (nSPS) is 22.9. The van der Waals surface area contributed by atoms with Gasteiger partial charge in [0.15, 0.2) is 0 Å². The van der Waals surface area contributed by atoms with E-state index in [1.807, 2.05) is 54.4 Å². The summed E-state index contributed by atoms with van der Waals surface area (Å²) in [6.45, 7) is 2.82. The number of carbonyl (C=O) groups is 1. The Morgan fingerprint density at radius 2 is 1.97 bits per heavy atom. The molecule has 2 aliphatic rings. The molecule has 5 nitrogen and oxygen atoms in total. The van der Waals surface area contributed by atoms with Gasteiger partial charge >= 0.3 is 0 Å². The molecular weight excluding hydrogens is 429 g/mol. The first kappa shape index (κ1) is 22.5. The molecule has 3 aromatic rings. The maximum absolute atomic E-state index is 13.6. The Balaban J connectivity index is 1.34. The predicted molar refractivity (Wildman–Crippen MR) is 129 cm³/mol. The second-order valence-corrected chi connectivity index (χ2v) is 9.44. The minimum atomic E-state index is -0.264. The minimum Gasteiger partial charge on any atom is -0.487 e. The topological polar surface area (TPSA) is 45.7 Å². The summed E-state index contributed by atoms with van der Waals surface area (Å²) in [4.78, 5) is 21.4. The Labute approximate surface area is 200 Å². The van der Waals surface area contributed by atoms with Gasteiger partial charge in [0.05, 0.1) is 11.2 Å². The fourth-order valence-electron chi connectivity index (χ4n) is 5.58. The van der Waals surface area contributed by atoms with Crippen LogP contribution in [0.4, 0.5) is 4.39 Å². The molecule has 1 spiro atoms. The highest BCUT2D eigenvalue weighted by Gasteiger charge is 2.52. The lowest BCUT2D eigenvalue weighted by atomic mass is 9.75. The summed E-state index contributed by atoms with van der Waals surface area (Å²) in [6.07, 6.45) is 4.22. The number of likely N-dealkylation sites (tertiary alicyclic amines) is 2. The third-order valence-corrected chi connectivity index (χ3v) is 7.32. The Kier molecular flexibility index (Phi) is 6.33. The van der Waals surface area contributed by atoms with Crippen molar-refractivity contribution in [3.8, 4) is 5.75 Å². The number of rotatable bonds is 6. The smallest absolute Gasteiger partial charge is 0.222 e. The number of hydrogen-bond donors (Lipinski definition) is 0. The number of halogens is 1. The Morgan fingerprint density at radius 3 is 2.76 bits per heavy atom. The van der Waals surface area contributed by atoms with Gasteiger partial charge in [0.25, 0.3) is 0 Å². The molecule has 2 saturated heterocycles. The molecule has 0 N–H and O–H groups in total. The van der Waals surface area contributed by atoms with E-state index in [0.717, 1.165) is 49.5 Å². The SMILES string of the molecule is CN1C(=O)CCC[C@]12CN(Cc1cccc(OCc3ccccn3)c1)C[C@H]2c1ccc(F)cc1. The van der Waals surface area contributed by atoms with Crippen molar-refractivity contribution in [2.75, 3.05) is 20.1 Å². The number of amides is 1. The van der Waals surface area contributed by atoms with Crippen LogP contribution in [0.5, 0.6) is 5.75 Å². The van der Waals surface area contributed by atoms with Gasteiger partial charge in [-0.2, -0.15) is 0 Å². The summed E-state index contributed by atoms with van der Waals surface area (Å²) in [7, 11) is 1.94. The minimum absolute atomic E-state index is 0.144. The molecule has 5 rings (SSSR count). The Hall–Kier alpha value is -3.25. The summed E-state index contributed by atoms with van der Waals surface area (Å²) in [5.41, 5.74) is 2.89. The molecule has 3 heterocycles. The van der Waals surface area contributed by atoms with E-state index in [1.165, 1.54) is 17.7 Å². The summed E-state index contributed by atoms with van der Waals surface area (Å²) in [5.74, 6) is 0.927. The predicted octanol–water partition coefficient (Wildman–Crippen LogP) is 4.78. The van der Waals surface area contributed by atoms with Crippen molar-refractivity contribution in [1.82, 2.24) is 14.8 Å². The molecular formula is C28H30FN3O2. The molecule has 34 heavy (non-hydrogen) atoms. The van der Waals surface area contributed by atoms with Crippen molar-refractivity contribution in [2.24, 2.45) is 0 Å². The molecule has 2 aromatic carbocycles. The first-order valence-electron chi connectivity index (χ1n) is 11.9. The largest absolute Gasteiger partial charge is 0.487 e. The van der Waals surface area contributed by atoms with E-state index in [4.69, 9.17) is 4.74 Å². The van der Waals surface area contributed by atoms with Crippen molar-refractivity contribution in [3.05, 3.63) is 95.6 Å². The lowest BCUT2D eigenvalue weighted by Gasteiger charge is -2.46. The van der Waals surface area contributed by atoms with Gasteiger partial charge in [-0.25, -0.2) is 4.39 Å². The van der Waals surface area contributed by atoms with E-state index >= 15 is 0 Å². The van der Waals surface area contributed by atoms with Crippen LogP contribution in [0.2, 0.25) is 0 Å². The van der Waals surface area contributed by atoms with Gasteiger partial charge in [0, 0.05) is 45.2 Å². The number of piperidine rings is 1. The quantitative estimate of drug-likeness (QED) is 0.532. The number of nitrogens with zero attached hydrogens (tertiary/aromatic N) is 3. The van der Waals surface area contributed by atoms with E-state index in [0.29, 0.717) is 13.0 Å². The monoisotopic (exact) mass is 459 g/mol. The summed E-state index contributed by atoms with van der Waals surface area (Å²) < 4.78 is 19.6. The fourth-order valence-corrected chi connectivity index (χ4v) is 5.58. The maximum Gasteiger partial charge on any atom is 0.222 e. The van der Waals surface area contributed by atoms with Crippen LogP contribution in [-0.2, 0) is 17.9 Å². The highest BCUT2D eigenvalue weighted by Crippen LogP contribution is 2.46. The molecule has 0 aliphatic carbocycles. The van der Waals surface area contributed by atoms with E-state index < -0.39 is 0 Å². The van der Waals surface area contributed by atoms with Crippen LogP contribution in [0.3, 0.4) is 0 Å². The second-order valence-electron chi connectivity index (χ2n) is 9.44. The van der Waals surface area contributed by atoms with Crippen LogP contribution < -0.4 is 4.74 Å². The zero-order chi connectivity index (χ0) is 23.5. The first-order valence-corrected chi connectivity index (χ1v) is 11.9. The average Bonchev–Trinajstić information content (AvgIpc) is 3.21. The van der Waals surface area contributed by atoms with Gasteiger partial charge in [-0.1, -0.05) is 30.3 Å². The fraction of sp³-hybridized carbons (Fsp3) is 0.357. The maximum atomic E-state index is 13.6. The number of ether oxygens (including phenoxy) is 1. The lowest BCUT2D eigenvalue weighted by molar-refractivity contribution is -0.139. The van der Waals surface area contributed by atoms with Crippen molar-refractivity contribution in [3.63, 3.8) is 0 Å². The molecule has 0 unspecified atom stereocenters. The average molecular weight is 460 g/mol. The van der Waals surface area contributed by atoms with Crippen molar-refractivity contribution in [2.45, 2.75) is 43.9 Å². The lowest BCUT2D eigenvalue weighted by Crippen LogP contribution is -2.56. The third-order valence-electron chi connectivity index (χ3n) is 7.32. The Bertz CT molecular complexity index is 1140. The van der Waals surface area contributed by atoms with Crippen LogP contribution in [0.1, 0.15) is 42.0 Å². The molecule has 6 heteroatoms. The van der Waals surface area contributed by atoms with Crippen LogP contribution in [0, 0.1) is 5.82 Å². The Morgan fingerprint density at radius 1 is 1.12 bits per heavy atom. The van der Waals surface area contributed by atoms with Crippen molar-refractivity contribution >= 4 is 5.91 Å². The van der Waals surface area contributed by atoms with E-state index in [2.05, 4.69) is 22.0 Å². The number of hydrogen-bond acceptors (Lipinski definition) is 4. The van der Waals surface area contributed by atoms with Crippen molar-refractivity contribution < 1.29 is 13.9 Å². The van der Waals surface area contributed by atoms with Crippen molar-refractivity contribution in [1.29, 1.82) is 0 Å². The van der Waals surface area contributed by atoms with E-state index in [-0.39, 0.29) is 23.2 Å². The summed E-state index contributed by atoms with van der Waals surface area (Å²) in [5, 5.41) is 0. The number of carbonyl (C=O) groups excluding carboxylic acids is 1. The first-order chi connectivity index (χ1) is 16.5. The molecule has 1 aromatic heterocycles. The van der Waals surface area contributed by atoms with Gasteiger partial charge in [-0.3, -0.25) is 14.7 Å². The van der Waals surface area contributed by atoms with E-state index in [9.17, 15) is 9.18 Å². The number of likely N-dealkylation sites (N-methyl/N-ethyl adjacent to an activating group) is 1. The third kappa shape index (κ3) is 4.55. The van der Waals surface area contributed by atoms with Gasteiger partial charge in [0.2, 0.25) is 5.91 Å². The molecule has 2 fully saturated rings. The van der Waals surface area contributed by atoms with Gasteiger partial charge in [-0.05, 0) is 60.4 Å². The van der Waals surface area contributed by atoms with Crippen LogP contribution in [0.25, 0.3) is 0 Å². The number of aromatic nitrogens is 1. The van der Waals surface area contributed by atoms with Gasteiger partial charge < -0.3 is 9.64 Å². The highest BCUT2D eigenvalue weighted by molar-refractivity contribution is 5.78.